The second kappa shape index (κ2) is 14.4. The van der Waals surface area contributed by atoms with Gasteiger partial charge >= 0.3 is 0 Å². The van der Waals surface area contributed by atoms with Gasteiger partial charge in [-0.15, -0.1) is 0 Å². The molecule has 170 valence electrons. The van der Waals surface area contributed by atoms with E-state index in [4.69, 9.17) is 11.0 Å². The van der Waals surface area contributed by atoms with E-state index in [1.807, 2.05) is 25.1 Å². The minimum Gasteiger partial charge on any atom is -0.326 e. The van der Waals surface area contributed by atoms with Crippen molar-refractivity contribution >= 4 is 47.8 Å². The molecule has 0 spiro atoms. The van der Waals surface area contributed by atoms with Gasteiger partial charge in [0.15, 0.2) is 0 Å². The third-order valence-electron chi connectivity index (χ3n) is 3.75. The van der Waals surface area contributed by atoms with Gasteiger partial charge in [0.05, 0.1) is 25.1 Å². The summed E-state index contributed by atoms with van der Waals surface area (Å²) in [5.74, 6) is -0.811. The Morgan fingerprint density at radius 2 is 1.22 bits per heavy atom. The molecule has 3 aromatic carbocycles. The van der Waals surface area contributed by atoms with Crippen molar-refractivity contribution in [1.29, 1.82) is 5.26 Å². The molecule has 3 nitrogen and oxygen atoms in total. The maximum absolute atomic E-state index is 12.8. The zero-order valence-electron chi connectivity index (χ0n) is 17.3. The molecule has 2 N–H and O–H groups in total. The first-order chi connectivity index (χ1) is 15.1. The van der Waals surface area contributed by atoms with Crippen molar-refractivity contribution < 1.29 is 13.2 Å². The average molecular weight is 636 g/mol. The van der Waals surface area contributed by atoms with Crippen LogP contribution in [0.1, 0.15) is 16.7 Å². The molecule has 0 aliphatic carbocycles. The highest BCUT2D eigenvalue weighted by Gasteiger charge is 2.01. The fourth-order valence-corrected chi connectivity index (χ4v) is 3.47. The molecule has 0 saturated heterocycles. The number of nitrogens with two attached hydrogens (primary N) is 1. The summed E-state index contributed by atoms with van der Waals surface area (Å²) in [5, 5.41) is 8.36. The van der Waals surface area contributed by atoms with Crippen LogP contribution in [0.2, 0.25) is 0 Å². The van der Waals surface area contributed by atoms with Gasteiger partial charge in [-0.2, -0.15) is 5.26 Å². The van der Waals surface area contributed by atoms with Crippen LogP contribution in [-0.4, -0.2) is 19.0 Å². The van der Waals surface area contributed by atoms with Crippen LogP contribution in [0.4, 0.5) is 13.2 Å². The number of hydrogen-bond acceptors (Lipinski definition) is 3. The molecule has 0 bridgehead atoms. The second-order valence-corrected chi connectivity index (χ2v) is 9.24. The Balaban J connectivity index is 0.000000241. The molecule has 0 unspecified atom stereocenters. The number of hydrogen-bond donors (Lipinski definition) is 1. The summed E-state index contributed by atoms with van der Waals surface area (Å²) in [5.41, 5.74) is 7.81. The standard InChI is InChI=1S/C9H11BrFN.C7H7BrFN.C7H3BrFN/c1-12(2)6-7-3-4-9(11)8(10)5-7;2*8-6-3-5(4-10)1-2-7(6)9/h3-5H,6H2,1-2H3;1-3H,4,10H2;1-3H. The van der Waals surface area contributed by atoms with E-state index >= 15 is 0 Å². The lowest BCUT2D eigenvalue weighted by Crippen LogP contribution is -2.10. The maximum Gasteiger partial charge on any atom is 0.137 e. The van der Waals surface area contributed by atoms with Crippen molar-refractivity contribution in [3.63, 3.8) is 0 Å². The fraction of sp³-hybridized carbons (Fsp3) is 0.174. The van der Waals surface area contributed by atoms with E-state index in [0.29, 0.717) is 25.5 Å². The Morgan fingerprint density at radius 1 is 0.781 bits per heavy atom. The van der Waals surface area contributed by atoms with Crippen LogP contribution in [0.15, 0.2) is 68.0 Å². The summed E-state index contributed by atoms with van der Waals surface area (Å²) in [7, 11) is 3.97. The quantitative estimate of drug-likeness (QED) is 0.332. The molecule has 0 radical (unpaired) electrons. The SMILES string of the molecule is CN(C)Cc1ccc(F)c(Br)c1.N#Cc1ccc(F)c(Br)c1.NCc1ccc(F)c(Br)c1. The Bertz CT molecular complexity index is 1070. The molecule has 0 amide bonds. The van der Waals surface area contributed by atoms with E-state index in [1.165, 1.54) is 30.3 Å². The highest BCUT2D eigenvalue weighted by Crippen LogP contribution is 2.18. The van der Waals surface area contributed by atoms with Crippen LogP contribution in [0.3, 0.4) is 0 Å². The van der Waals surface area contributed by atoms with Crippen LogP contribution in [0.25, 0.3) is 0 Å². The largest absolute Gasteiger partial charge is 0.326 e. The van der Waals surface area contributed by atoms with Gasteiger partial charge in [0, 0.05) is 13.1 Å². The van der Waals surface area contributed by atoms with Gasteiger partial charge in [-0.05, 0) is 115 Å². The summed E-state index contributed by atoms with van der Waals surface area (Å²) in [6.07, 6.45) is 0. The highest BCUT2D eigenvalue weighted by molar-refractivity contribution is 9.11. The van der Waals surface area contributed by atoms with Gasteiger partial charge in [-0.25, -0.2) is 13.2 Å². The van der Waals surface area contributed by atoms with E-state index < -0.39 is 0 Å². The summed E-state index contributed by atoms with van der Waals surface area (Å²) in [4.78, 5) is 2.04. The lowest BCUT2D eigenvalue weighted by molar-refractivity contribution is 0.402. The van der Waals surface area contributed by atoms with Gasteiger partial charge in [-0.3, -0.25) is 0 Å². The first-order valence-electron chi connectivity index (χ1n) is 9.15. The van der Waals surface area contributed by atoms with Crippen molar-refractivity contribution in [2.45, 2.75) is 13.1 Å². The fourth-order valence-electron chi connectivity index (χ4n) is 2.24. The predicted octanol–water partition coefficient (Wildman–Crippen LogP) is 7.16. The van der Waals surface area contributed by atoms with Gasteiger partial charge in [-0.1, -0.05) is 12.1 Å². The first-order valence-corrected chi connectivity index (χ1v) is 11.5. The van der Waals surface area contributed by atoms with Crippen molar-refractivity contribution in [2.24, 2.45) is 5.73 Å². The zero-order valence-corrected chi connectivity index (χ0v) is 22.1. The normalized spacial score (nSPS) is 9.91. The van der Waals surface area contributed by atoms with Crippen molar-refractivity contribution in [1.82, 2.24) is 4.90 Å². The Labute approximate surface area is 211 Å². The minimum absolute atomic E-state index is 0.211. The maximum atomic E-state index is 12.8. The molecule has 0 aliphatic rings. The summed E-state index contributed by atoms with van der Waals surface area (Å²) in [6, 6.07) is 15.8. The third kappa shape index (κ3) is 10.3. The monoisotopic (exact) mass is 633 g/mol. The summed E-state index contributed by atoms with van der Waals surface area (Å²) in [6.45, 7) is 1.28. The number of nitriles is 1. The van der Waals surface area contributed by atoms with Gasteiger partial charge in [0.25, 0.3) is 0 Å². The lowest BCUT2D eigenvalue weighted by atomic mass is 10.2. The molecule has 0 fully saturated rings. The predicted molar refractivity (Wildman–Crippen MR) is 132 cm³/mol. The molecular formula is C23H21Br3F3N3. The van der Waals surface area contributed by atoms with E-state index in [-0.39, 0.29) is 17.5 Å². The van der Waals surface area contributed by atoms with Crippen molar-refractivity contribution in [2.75, 3.05) is 14.1 Å². The van der Waals surface area contributed by atoms with Crippen LogP contribution in [0.5, 0.6) is 0 Å². The number of rotatable bonds is 3. The van der Waals surface area contributed by atoms with Crippen LogP contribution < -0.4 is 5.73 Å². The van der Waals surface area contributed by atoms with Crippen molar-refractivity contribution in [3.8, 4) is 6.07 Å². The summed E-state index contributed by atoms with van der Waals surface area (Å²) >= 11 is 9.16. The molecule has 3 aromatic rings. The minimum atomic E-state index is -0.348. The highest BCUT2D eigenvalue weighted by atomic mass is 79.9. The van der Waals surface area contributed by atoms with E-state index in [0.717, 1.165) is 17.7 Å². The van der Waals surface area contributed by atoms with E-state index in [2.05, 4.69) is 47.8 Å². The van der Waals surface area contributed by atoms with Crippen LogP contribution in [-0.2, 0) is 13.1 Å². The summed E-state index contributed by atoms with van der Waals surface area (Å²) < 4.78 is 39.1. The van der Waals surface area contributed by atoms with Crippen LogP contribution in [0, 0.1) is 28.8 Å². The number of benzene rings is 3. The number of nitrogens with zero attached hydrogens (tertiary/aromatic N) is 2. The van der Waals surface area contributed by atoms with Gasteiger partial charge in [0.2, 0.25) is 0 Å². The lowest BCUT2D eigenvalue weighted by Gasteiger charge is -2.09. The van der Waals surface area contributed by atoms with E-state index in [1.54, 1.807) is 24.3 Å². The number of halogens is 6. The van der Waals surface area contributed by atoms with Crippen molar-refractivity contribution in [3.05, 3.63) is 102 Å². The second-order valence-electron chi connectivity index (χ2n) is 6.68. The molecule has 3 rings (SSSR count). The molecule has 9 heteroatoms. The third-order valence-corrected chi connectivity index (χ3v) is 5.57. The Morgan fingerprint density at radius 3 is 1.62 bits per heavy atom. The zero-order chi connectivity index (χ0) is 24.3. The smallest absolute Gasteiger partial charge is 0.137 e. The Kier molecular flexibility index (Phi) is 12.8. The van der Waals surface area contributed by atoms with Gasteiger partial charge < -0.3 is 10.6 Å². The molecule has 0 atom stereocenters. The first kappa shape index (κ1) is 28.3. The molecule has 32 heavy (non-hydrogen) atoms. The Hall–Kier alpha value is -1.70. The molecule has 0 saturated carbocycles. The molecular weight excluding hydrogens is 615 g/mol. The molecule has 0 aliphatic heterocycles. The topological polar surface area (TPSA) is 53.0 Å². The van der Waals surface area contributed by atoms with E-state index in [9.17, 15) is 13.2 Å². The average Bonchev–Trinajstić information content (AvgIpc) is 2.75. The van der Waals surface area contributed by atoms with Gasteiger partial charge in [0.1, 0.15) is 17.5 Å². The molecule has 0 aromatic heterocycles. The van der Waals surface area contributed by atoms with Crippen LogP contribution >= 0.6 is 47.8 Å². The molecule has 0 heterocycles.